The Labute approximate surface area is 120 Å². The van der Waals surface area contributed by atoms with Crippen LogP contribution in [0.1, 0.15) is 24.2 Å². The molecule has 0 heterocycles. The monoisotopic (exact) mass is 323 g/mol. The van der Waals surface area contributed by atoms with Crippen LogP contribution in [0.3, 0.4) is 0 Å². The zero-order valence-electron chi connectivity index (χ0n) is 11.4. The minimum Gasteiger partial charge on any atom is -0.478 e. The van der Waals surface area contributed by atoms with Crippen molar-refractivity contribution >= 4 is 16.0 Å². The average Bonchev–Trinajstić information content (AvgIpc) is 2.38. The Balaban J connectivity index is 3.16. The molecule has 0 radical (unpaired) electrons. The second-order valence-electron chi connectivity index (χ2n) is 4.26. The van der Waals surface area contributed by atoms with Crippen LogP contribution >= 0.6 is 0 Å². The Kier molecular flexibility index (Phi) is 5.76. The number of carboxylic acid groups (broad SMARTS) is 1. The van der Waals surface area contributed by atoms with Gasteiger partial charge in [-0.25, -0.2) is 26.7 Å². The topological polar surface area (TPSA) is 92.7 Å². The fourth-order valence-corrected chi connectivity index (χ4v) is 2.88. The summed E-state index contributed by atoms with van der Waals surface area (Å²) in [6.07, 6.45) is 0. The average molecular weight is 323 g/mol. The molecular formula is C12H15F2NO5S. The van der Waals surface area contributed by atoms with E-state index in [9.17, 15) is 22.0 Å². The molecule has 0 fully saturated rings. The van der Waals surface area contributed by atoms with Gasteiger partial charge in [0.25, 0.3) is 0 Å². The van der Waals surface area contributed by atoms with Gasteiger partial charge in [0.15, 0.2) is 11.6 Å². The Morgan fingerprint density at radius 3 is 2.57 bits per heavy atom. The summed E-state index contributed by atoms with van der Waals surface area (Å²) in [5.74, 6) is -4.74. The van der Waals surface area contributed by atoms with E-state index < -0.39 is 44.1 Å². The number of hydrogen-bond acceptors (Lipinski definition) is 4. The van der Waals surface area contributed by atoms with E-state index in [0.717, 1.165) is 0 Å². The fraction of sp³-hybridized carbons (Fsp3) is 0.417. The van der Waals surface area contributed by atoms with Gasteiger partial charge < -0.3 is 9.84 Å². The molecule has 0 saturated heterocycles. The maximum atomic E-state index is 13.6. The Morgan fingerprint density at radius 1 is 1.43 bits per heavy atom. The van der Waals surface area contributed by atoms with Crippen molar-refractivity contribution in [2.75, 3.05) is 13.2 Å². The van der Waals surface area contributed by atoms with E-state index in [1.807, 2.05) is 0 Å². The number of aromatic carboxylic acids is 1. The molecule has 9 heteroatoms. The van der Waals surface area contributed by atoms with Gasteiger partial charge in [-0.2, -0.15) is 0 Å². The van der Waals surface area contributed by atoms with Gasteiger partial charge in [0.2, 0.25) is 10.0 Å². The SMILES string of the molecule is CCOCC(C)NS(=O)(=O)c1cc(C(=O)O)cc(F)c1F. The normalized spacial score (nSPS) is 13.1. The molecule has 0 aliphatic carbocycles. The summed E-state index contributed by atoms with van der Waals surface area (Å²) in [5, 5.41) is 8.76. The summed E-state index contributed by atoms with van der Waals surface area (Å²) in [6, 6.07) is 0.294. The van der Waals surface area contributed by atoms with Crippen LogP contribution in [-0.2, 0) is 14.8 Å². The molecule has 0 bridgehead atoms. The third-order valence-electron chi connectivity index (χ3n) is 2.46. The summed E-state index contributed by atoms with van der Waals surface area (Å²) in [7, 11) is -4.41. The van der Waals surface area contributed by atoms with Crippen molar-refractivity contribution in [1.82, 2.24) is 4.72 Å². The van der Waals surface area contributed by atoms with Crippen LogP contribution in [0.15, 0.2) is 17.0 Å². The second-order valence-corrected chi connectivity index (χ2v) is 5.94. The summed E-state index contributed by atoms with van der Waals surface area (Å²) in [5.41, 5.74) is -0.660. The van der Waals surface area contributed by atoms with Crippen molar-refractivity contribution in [3.63, 3.8) is 0 Å². The third kappa shape index (κ3) is 4.45. The van der Waals surface area contributed by atoms with Crippen LogP contribution in [0.4, 0.5) is 8.78 Å². The Bertz CT molecular complexity index is 633. The van der Waals surface area contributed by atoms with Crippen molar-refractivity contribution in [2.45, 2.75) is 24.8 Å². The smallest absolute Gasteiger partial charge is 0.335 e. The molecule has 0 aromatic heterocycles. The molecule has 0 saturated carbocycles. The molecule has 0 aliphatic heterocycles. The number of sulfonamides is 1. The molecule has 1 atom stereocenters. The lowest BCUT2D eigenvalue weighted by Gasteiger charge is -2.15. The molecule has 1 rings (SSSR count). The Hall–Kier alpha value is -1.58. The van der Waals surface area contributed by atoms with E-state index in [4.69, 9.17) is 9.84 Å². The first-order valence-electron chi connectivity index (χ1n) is 6.01. The van der Waals surface area contributed by atoms with E-state index in [-0.39, 0.29) is 6.61 Å². The predicted octanol–water partition coefficient (Wildman–Crippen LogP) is 1.37. The highest BCUT2D eigenvalue weighted by molar-refractivity contribution is 7.89. The van der Waals surface area contributed by atoms with Crippen LogP contribution in [0.25, 0.3) is 0 Å². The molecule has 0 amide bonds. The first kappa shape index (κ1) is 17.5. The maximum absolute atomic E-state index is 13.6. The summed E-state index contributed by atoms with van der Waals surface area (Å²) >= 11 is 0. The number of carboxylic acids is 1. The molecular weight excluding hydrogens is 308 g/mol. The quantitative estimate of drug-likeness (QED) is 0.790. The van der Waals surface area contributed by atoms with Gasteiger partial charge in [0.1, 0.15) is 4.90 Å². The zero-order chi connectivity index (χ0) is 16.2. The van der Waals surface area contributed by atoms with Gasteiger partial charge in [-0.15, -0.1) is 0 Å². The van der Waals surface area contributed by atoms with Gasteiger partial charge >= 0.3 is 5.97 Å². The first-order chi connectivity index (χ1) is 9.69. The number of halogens is 2. The summed E-state index contributed by atoms with van der Waals surface area (Å²) < 4.78 is 58.0. The van der Waals surface area contributed by atoms with E-state index in [0.29, 0.717) is 18.7 Å². The van der Waals surface area contributed by atoms with E-state index in [1.54, 1.807) is 6.92 Å². The highest BCUT2D eigenvalue weighted by atomic mass is 32.2. The van der Waals surface area contributed by atoms with Crippen molar-refractivity contribution < 1.29 is 31.8 Å². The van der Waals surface area contributed by atoms with Gasteiger partial charge in [0.05, 0.1) is 12.2 Å². The fourth-order valence-electron chi connectivity index (χ4n) is 1.54. The highest BCUT2D eigenvalue weighted by Crippen LogP contribution is 2.20. The lowest BCUT2D eigenvalue weighted by molar-refractivity contribution is 0.0696. The van der Waals surface area contributed by atoms with E-state index in [1.165, 1.54) is 6.92 Å². The molecule has 0 spiro atoms. The van der Waals surface area contributed by atoms with Crippen molar-refractivity contribution in [3.05, 3.63) is 29.3 Å². The van der Waals surface area contributed by atoms with Crippen LogP contribution in [0.5, 0.6) is 0 Å². The maximum Gasteiger partial charge on any atom is 0.335 e. The number of hydrogen-bond donors (Lipinski definition) is 2. The molecule has 1 unspecified atom stereocenters. The summed E-state index contributed by atoms with van der Waals surface area (Å²) in [6.45, 7) is 3.59. The molecule has 21 heavy (non-hydrogen) atoms. The number of benzene rings is 1. The molecule has 118 valence electrons. The zero-order valence-corrected chi connectivity index (χ0v) is 12.2. The van der Waals surface area contributed by atoms with Crippen LogP contribution < -0.4 is 4.72 Å². The predicted molar refractivity (Wildman–Crippen MR) is 69.6 cm³/mol. The molecule has 6 nitrogen and oxygen atoms in total. The minimum absolute atomic E-state index is 0.0401. The van der Waals surface area contributed by atoms with Crippen molar-refractivity contribution in [3.8, 4) is 0 Å². The molecule has 0 aliphatic rings. The second kappa shape index (κ2) is 6.92. The molecule has 2 N–H and O–H groups in total. The highest BCUT2D eigenvalue weighted by Gasteiger charge is 2.26. The largest absolute Gasteiger partial charge is 0.478 e. The number of rotatable bonds is 7. The van der Waals surface area contributed by atoms with Crippen molar-refractivity contribution in [2.24, 2.45) is 0 Å². The standard InChI is InChI=1S/C12H15F2NO5S/c1-3-20-6-7(2)15-21(18,19)10-5-8(12(16)17)4-9(13)11(10)14/h4-5,7,15H,3,6H2,1-2H3,(H,16,17). The van der Waals surface area contributed by atoms with Crippen LogP contribution in [0, 0.1) is 11.6 Å². The molecule has 1 aromatic rings. The van der Waals surface area contributed by atoms with Gasteiger partial charge in [0, 0.05) is 12.6 Å². The van der Waals surface area contributed by atoms with Gasteiger partial charge in [-0.1, -0.05) is 0 Å². The first-order valence-corrected chi connectivity index (χ1v) is 7.49. The van der Waals surface area contributed by atoms with Crippen molar-refractivity contribution in [1.29, 1.82) is 0 Å². The number of ether oxygens (including phenoxy) is 1. The van der Waals surface area contributed by atoms with Crippen LogP contribution in [0.2, 0.25) is 0 Å². The van der Waals surface area contributed by atoms with Gasteiger partial charge in [-0.05, 0) is 26.0 Å². The third-order valence-corrected chi connectivity index (χ3v) is 4.05. The Morgan fingerprint density at radius 2 is 2.05 bits per heavy atom. The number of carbonyl (C=O) groups is 1. The number of nitrogens with one attached hydrogen (secondary N) is 1. The van der Waals surface area contributed by atoms with E-state index in [2.05, 4.69) is 4.72 Å². The van der Waals surface area contributed by atoms with Crippen LogP contribution in [-0.4, -0.2) is 38.7 Å². The lowest BCUT2D eigenvalue weighted by Crippen LogP contribution is -2.36. The minimum atomic E-state index is -4.41. The lowest BCUT2D eigenvalue weighted by atomic mass is 10.2. The van der Waals surface area contributed by atoms with E-state index >= 15 is 0 Å². The summed E-state index contributed by atoms with van der Waals surface area (Å²) in [4.78, 5) is 9.73. The molecule has 1 aromatic carbocycles. The van der Waals surface area contributed by atoms with Gasteiger partial charge in [-0.3, -0.25) is 0 Å².